The Balaban J connectivity index is 1.81. The van der Waals surface area contributed by atoms with Gasteiger partial charge in [0.2, 0.25) is 0 Å². The van der Waals surface area contributed by atoms with Crippen LogP contribution < -0.4 is 10.6 Å². The highest BCUT2D eigenvalue weighted by Crippen LogP contribution is 2.29. The van der Waals surface area contributed by atoms with Gasteiger partial charge >= 0.3 is 18.0 Å². The number of aromatic hydroxyl groups is 1. The van der Waals surface area contributed by atoms with Crippen molar-refractivity contribution in [2.75, 3.05) is 11.9 Å². The summed E-state index contributed by atoms with van der Waals surface area (Å²) < 4.78 is 37.3. The van der Waals surface area contributed by atoms with Gasteiger partial charge in [-0.2, -0.15) is 13.2 Å². The normalized spacial score (nSPS) is 11.0. The second kappa shape index (κ2) is 7.69. The van der Waals surface area contributed by atoms with Crippen LogP contribution in [0.3, 0.4) is 0 Å². The molecule has 5 nitrogen and oxygen atoms in total. The van der Waals surface area contributed by atoms with E-state index in [1.807, 2.05) is 0 Å². The molecule has 0 aromatic heterocycles. The molecule has 0 saturated carbocycles. The zero-order valence-corrected chi connectivity index (χ0v) is 12.9. The molecular formula is C17H15F3N2O3. The molecule has 0 saturated heterocycles. The summed E-state index contributed by atoms with van der Waals surface area (Å²) in [6, 6.07) is 10.2. The first-order valence-electron chi connectivity index (χ1n) is 7.30. The minimum Gasteiger partial charge on any atom is -0.508 e. The molecule has 0 aliphatic carbocycles. The van der Waals surface area contributed by atoms with Crippen LogP contribution in [0.15, 0.2) is 48.5 Å². The van der Waals surface area contributed by atoms with E-state index >= 15 is 0 Å². The second-order valence-electron chi connectivity index (χ2n) is 5.20. The van der Waals surface area contributed by atoms with Crippen molar-refractivity contribution in [2.45, 2.75) is 12.6 Å². The maximum absolute atomic E-state index is 12.4. The van der Waals surface area contributed by atoms with Crippen molar-refractivity contribution < 1.29 is 27.9 Å². The summed E-state index contributed by atoms with van der Waals surface area (Å²) in [6.07, 6.45) is -4.01. The molecule has 132 valence electrons. The lowest BCUT2D eigenvalue weighted by Gasteiger charge is -2.09. The first kappa shape index (κ1) is 18.3. The summed E-state index contributed by atoms with van der Waals surface area (Å²) in [5.41, 5.74) is 0.108. The van der Waals surface area contributed by atoms with E-state index in [1.165, 1.54) is 12.1 Å². The average molecular weight is 352 g/mol. The lowest BCUT2D eigenvalue weighted by molar-refractivity contribution is -0.137. The largest absolute Gasteiger partial charge is 0.508 e. The number of nitrogens with one attached hydrogen (secondary N) is 2. The van der Waals surface area contributed by atoms with E-state index in [1.54, 1.807) is 12.1 Å². The Morgan fingerprint density at radius 1 is 0.920 bits per heavy atom. The van der Waals surface area contributed by atoms with Crippen molar-refractivity contribution in [1.82, 2.24) is 5.32 Å². The Bertz CT molecular complexity index is 741. The van der Waals surface area contributed by atoms with Gasteiger partial charge in [-0.05, 0) is 48.4 Å². The second-order valence-corrected chi connectivity index (χ2v) is 5.20. The van der Waals surface area contributed by atoms with Gasteiger partial charge in [-0.1, -0.05) is 12.1 Å². The Labute approximate surface area is 141 Å². The van der Waals surface area contributed by atoms with E-state index in [4.69, 9.17) is 5.11 Å². The lowest BCUT2D eigenvalue weighted by Crippen LogP contribution is -2.36. The Kier molecular flexibility index (Phi) is 5.63. The third kappa shape index (κ3) is 5.52. The van der Waals surface area contributed by atoms with E-state index in [0.717, 1.165) is 29.8 Å². The fraction of sp³-hybridized carbons (Fsp3) is 0.176. The number of carbonyl (C=O) groups excluding carboxylic acids is 2. The molecule has 0 aliphatic rings. The van der Waals surface area contributed by atoms with E-state index in [9.17, 15) is 22.8 Å². The minimum atomic E-state index is -4.46. The van der Waals surface area contributed by atoms with Crippen molar-refractivity contribution in [3.63, 3.8) is 0 Å². The molecule has 2 rings (SSSR count). The number of hydrogen-bond donors (Lipinski definition) is 3. The van der Waals surface area contributed by atoms with Crippen LogP contribution >= 0.6 is 0 Å². The van der Waals surface area contributed by atoms with Crippen LogP contribution in [0, 0.1) is 0 Å². The number of phenolic OH excluding ortho intramolecular Hbond substituents is 1. The van der Waals surface area contributed by atoms with E-state index in [2.05, 4.69) is 10.6 Å². The summed E-state index contributed by atoms with van der Waals surface area (Å²) in [5.74, 6) is -1.73. The van der Waals surface area contributed by atoms with Crippen LogP contribution in [0.25, 0.3) is 0 Å². The molecule has 0 radical (unpaired) electrons. The number of hydrogen-bond acceptors (Lipinski definition) is 3. The van der Waals surface area contributed by atoms with Crippen molar-refractivity contribution in [3.05, 3.63) is 59.7 Å². The fourth-order valence-corrected chi connectivity index (χ4v) is 1.99. The molecule has 2 aromatic rings. The van der Waals surface area contributed by atoms with Gasteiger partial charge in [0.15, 0.2) is 0 Å². The number of phenols is 1. The third-order valence-electron chi connectivity index (χ3n) is 3.31. The molecule has 0 heterocycles. The summed E-state index contributed by atoms with van der Waals surface area (Å²) >= 11 is 0. The number of carbonyl (C=O) groups is 2. The predicted octanol–water partition coefficient (Wildman–Crippen LogP) is 2.71. The van der Waals surface area contributed by atoms with Gasteiger partial charge < -0.3 is 15.7 Å². The molecule has 0 spiro atoms. The van der Waals surface area contributed by atoms with Gasteiger partial charge in [0, 0.05) is 12.2 Å². The van der Waals surface area contributed by atoms with E-state index in [-0.39, 0.29) is 18.0 Å². The number of rotatable bonds is 4. The topological polar surface area (TPSA) is 78.4 Å². The first-order valence-corrected chi connectivity index (χ1v) is 7.30. The van der Waals surface area contributed by atoms with Gasteiger partial charge in [-0.3, -0.25) is 9.59 Å². The number of benzene rings is 2. The highest BCUT2D eigenvalue weighted by Gasteiger charge is 2.30. The van der Waals surface area contributed by atoms with Crippen molar-refractivity contribution in [3.8, 4) is 5.75 Å². The van der Waals surface area contributed by atoms with Gasteiger partial charge in [0.1, 0.15) is 5.75 Å². The monoisotopic (exact) mass is 352 g/mol. The summed E-state index contributed by atoms with van der Waals surface area (Å²) in [6.45, 7) is 0.198. The van der Waals surface area contributed by atoms with Gasteiger partial charge in [0.05, 0.1) is 5.56 Å². The quantitative estimate of drug-likeness (QED) is 0.741. The van der Waals surface area contributed by atoms with Crippen LogP contribution in [-0.4, -0.2) is 23.5 Å². The smallest absolute Gasteiger partial charge is 0.416 e. The lowest BCUT2D eigenvalue weighted by atomic mass is 10.1. The van der Waals surface area contributed by atoms with Crippen molar-refractivity contribution >= 4 is 17.5 Å². The van der Waals surface area contributed by atoms with Crippen LogP contribution in [0.2, 0.25) is 0 Å². The average Bonchev–Trinajstić information content (AvgIpc) is 2.56. The van der Waals surface area contributed by atoms with E-state index in [0.29, 0.717) is 6.42 Å². The standard InChI is InChI=1S/C17H15F3N2O3/c18-17(19,20)12-3-5-13(6-4-12)22-16(25)15(24)21-10-9-11-1-7-14(23)8-2-11/h1-8,23H,9-10H2,(H,21,24)(H,22,25). The van der Waals surface area contributed by atoms with Crippen LogP contribution in [-0.2, 0) is 22.2 Å². The molecule has 2 aromatic carbocycles. The number of anilines is 1. The number of alkyl halides is 3. The van der Waals surface area contributed by atoms with Crippen LogP contribution in [0.1, 0.15) is 11.1 Å². The zero-order valence-electron chi connectivity index (χ0n) is 12.9. The summed E-state index contributed by atoms with van der Waals surface area (Å²) in [4.78, 5) is 23.4. The van der Waals surface area contributed by atoms with E-state index < -0.39 is 23.6 Å². The maximum atomic E-state index is 12.4. The van der Waals surface area contributed by atoms with Gasteiger partial charge in [-0.25, -0.2) is 0 Å². The number of amides is 2. The highest BCUT2D eigenvalue weighted by molar-refractivity contribution is 6.39. The zero-order chi connectivity index (χ0) is 18.4. The van der Waals surface area contributed by atoms with Gasteiger partial charge in [0.25, 0.3) is 0 Å². The maximum Gasteiger partial charge on any atom is 0.416 e. The molecular weight excluding hydrogens is 337 g/mol. The molecule has 0 atom stereocenters. The molecule has 0 aliphatic heterocycles. The molecule has 0 unspecified atom stereocenters. The molecule has 25 heavy (non-hydrogen) atoms. The fourth-order valence-electron chi connectivity index (χ4n) is 1.99. The number of halogens is 3. The Hall–Kier alpha value is -3.03. The van der Waals surface area contributed by atoms with Crippen molar-refractivity contribution in [1.29, 1.82) is 0 Å². The minimum absolute atomic E-state index is 0.0895. The molecule has 3 N–H and O–H groups in total. The summed E-state index contributed by atoms with van der Waals surface area (Å²) in [7, 11) is 0. The predicted molar refractivity (Wildman–Crippen MR) is 84.9 cm³/mol. The Morgan fingerprint density at radius 2 is 1.52 bits per heavy atom. The molecule has 2 amide bonds. The molecule has 0 bridgehead atoms. The highest BCUT2D eigenvalue weighted by atomic mass is 19.4. The third-order valence-corrected chi connectivity index (χ3v) is 3.31. The van der Waals surface area contributed by atoms with Crippen molar-refractivity contribution in [2.24, 2.45) is 0 Å². The molecule has 0 fully saturated rings. The van der Waals surface area contributed by atoms with Gasteiger partial charge in [-0.15, -0.1) is 0 Å². The van der Waals surface area contributed by atoms with Crippen LogP contribution in [0.4, 0.5) is 18.9 Å². The first-order chi connectivity index (χ1) is 11.8. The SMILES string of the molecule is O=C(NCCc1ccc(O)cc1)C(=O)Nc1ccc(C(F)(F)F)cc1. The summed E-state index contributed by atoms with van der Waals surface area (Å²) in [5, 5.41) is 13.8. The molecule has 8 heteroatoms. The Morgan fingerprint density at radius 3 is 2.08 bits per heavy atom. The van der Waals surface area contributed by atoms with Crippen LogP contribution in [0.5, 0.6) is 5.75 Å².